The number of fused-ring (bicyclic) bond motifs is 3. The maximum absolute atomic E-state index is 13.9. The summed E-state index contributed by atoms with van der Waals surface area (Å²) >= 11 is 0. The molecule has 3 aliphatic heterocycles. The molecule has 1 N–H and O–H groups in total. The van der Waals surface area contributed by atoms with Crippen LogP contribution in [0.5, 0.6) is 0 Å². The highest BCUT2D eigenvalue weighted by molar-refractivity contribution is 5.90. The third kappa shape index (κ3) is 6.34. The number of ether oxygens (including phenoxy) is 1. The summed E-state index contributed by atoms with van der Waals surface area (Å²) in [5.74, 6) is -0.639. The van der Waals surface area contributed by atoms with Crippen molar-refractivity contribution < 1.29 is 44.5 Å². The maximum atomic E-state index is 13.9. The van der Waals surface area contributed by atoms with Gasteiger partial charge in [0.25, 0.3) is 5.91 Å². The van der Waals surface area contributed by atoms with E-state index in [4.69, 9.17) is 9.26 Å². The van der Waals surface area contributed by atoms with E-state index in [1.54, 1.807) is 18.2 Å². The Morgan fingerprint density at radius 1 is 1.05 bits per heavy atom. The summed E-state index contributed by atoms with van der Waals surface area (Å²) in [6, 6.07) is 13.2. The molecule has 37 heavy (non-hydrogen) atoms. The number of nitrogens with one attached hydrogen (secondary N) is 1. The zero-order valence-electron chi connectivity index (χ0n) is 20.1. The van der Waals surface area contributed by atoms with E-state index in [0.29, 0.717) is 40.4 Å². The lowest BCUT2D eigenvalue weighted by atomic mass is 9.75. The topological polar surface area (TPSA) is 81.4 Å². The van der Waals surface area contributed by atoms with Crippen molar-refractivity contribution in [3.8, 4) is 0 Å². The van der Waals surface area contributed by atoms with E-state index < -0.39 is 23.7 Å². The number of aromatic nitrogens is 1. The van der Waals surface area contributed by atoms with E-state index >= 15 is 0 Å². The van der Waals surface area contributed by atoms with Crippen molar-refractivity contribution in [2.45, 2.75) is 25.4 Å². The number of anilines is 1. The number of carbonyl (C=O) groups is 2. The number of halogens is 3. The number of amides is 1. The zero-order valence-corrected chi connectivity index (χ0v) is 20.9. The zero-order chi connectivity index (χ0) is 25.1. The van der Waals surface area contributed by atoms with E-state index in [2.05, 4.69) is 10.5 Å². The van der Waals surface area contributed by atoms with Crippen molar-refractivity contribution in [1.82, 2.24) is 5.16 Å². The predicted octanol–water partition coefficient (Wildman–Crippen LogP) is 1.47. The van der Waals surface area contributed by atoms with Crippen LogP contribution >= 0.6 is 0 Å². The molecule has 1 aromatic heterocycles. The van der Waals surface area contributed by atoms with Gasteiger partial charge in [-0.05, 0) is 41.3 Å². The first kappa shape index (κ1) is 26.8. The van der Waals surface area contributed by atoms with Crippen LogP contribution in [-0.2, 0) is 14.3 Å². The number of piperidine rings is 3. The quantitative estimate of drug-likeness (QED) is 0.352. The molecule has 2 aromatic carbocycles. The Morgan fingerprint density at radius 2 is 1.70 bits per heavy atom. The van der Waals surface area contributed by atoms with Crippen LogP contribution in [-0.4, -0.2) is 47.7 Å². The Balaban J connectivity index is 0.00000320. The lowest BCUT2D eigenvalue weighted by molar-refractivity contribution is -0.939. The minimum Gasteiger partial charge on any atom is -1.00 e. The van der Waals surface area contributed by atoms with Gasteiger partial charge in [0, 0.05) is 24.8 Å². The van der Waals surface area contributed by atoms with Crippen LogP contribution in [0.3, 0.4) is 0 Å². The monoisotopic (exact) mass is 531 g/mol. The Morgan fingerprint density at radius 3 is 2.27 bits per heavy atom. The van der Waals surface area contributed by atoms with Crippen molar-refractivity contribution in [2.75, 3.05) is 31.5 Å². The highest BCUT2D eigenvalue weighted by Gasteiger charge is 2.47. The first-order valence-electron chi connectivity index (χ1n) is 12.1. The highest BCUT2D eigenvalue weighted by Crippen LogP contribution is 2.40. The van der Waals surface area contributed by atoms with Gasteiger partial charge < -0.3 is 31.5 Å². The molecule has 0 saturated carbocycles. The molecule has 1 amide bonds. The molecule has 2 bridgehead atoms. The second-order valence-electron chi connectivity index (χ2n) is 9.84. The van der Waals surface area contributed by atoms with Crippen molar-refractivity contribution in [3.63, 3.8) is 0 Å². The third-order valence-corrected chi connectivity index (χ3v) is 7.40. The number of carbonyl (C=O) groups excluding carboxylic acids is 2. The number of hydrogen-bond acceptors (Lipinski definition) is 5. The van der Waals surface area contributed by atoms with Gasteiger partial charge in [0.2, 0.25) is 0 Å². The van der Waals surface area contributed by atoms with Gasteiger partial charge in [0.15, 0.2) is 18.5 Å². The summed E-state index contributed by atoms with van der Waals surface area (Å²) < 4.78 is 39.1. The van der Waals surface area contributed by atoms with Gasteiger partial charge in [-0.3, -0.25) is 9.59 Å². The van der Waals surface area contributed by atoms with Crippen LogP contribution in [0.2, 0.25) is 0 Å². The van der Waals surface area contributed by atoms with Gasteiger partial charge in [-0.2, -0.15) is 0 Å². The fourth-order valence-electron chi connectivity index (χ4n) is 5.72. The largest absolute Gasteiger partial charge is 1.00 e. The number of esters is 1. The van der Waals surface area contributed by atoms with Crippen LogP contribution in [0, 0.1) is 23.5 Å². The van der Waals surface area contributed by atoms with Crippen molar-refractivity contribution in [3.05, 3.63) is 83.6 Å². The molecule has 3 fully saturated rings. The van der Waals surface area contributed by atoms with Crippen LogP contribution in [0.1, 0.15) is 36.5 Å². The second-order valence-corrected chi connectivity index (χ2v) is 9.84. The minimum atomic E-state index is -0.915. The normalized spacial score (nSPS) is 22.4. The average molecular weight is 532 g/mol. The van der Waals surface area contributed by atoms with Crippen LogP contribution in [0.4, 0.5) is 14.6 Å². The lowest BCUT2D eigenvalue weighted by Crippen LogP contribution is -3.00. The standard InChI is InChI=1S/C27H27F2N3O4.ClH/c28-22-5-1-3-19(13-22)27(20-4-2-6-23(29)14-20)36-26(34)15-21-16-32(10-7-18(21)8-11-32)17-25(33)30-24-9-12-35-31-24;/h1-6,9,12-14,18,21,27H,7-8,10-11,15-17H2;1H/t18?,21-,32?;/m0./s1. The van der Waals surface area contributed by atoms with Gasteiger partial charge >= 0.3 is 5.97 Å². The molecular formula is C27H28ClF2N3O4. The number of hydrogen-bond donors (Lipinski definition) is 1. The Hall–Kier alpha value is -3.30. The van der Waals surface area contributed by atoms with Crippen molar-refractivity contribution in [2.24, 2.45) is 11.8 Å². The predicted molar refractivity (Wildman–Crippen MR) is 126 cm³/mol. The van der Waals surface area contributed by atoms with Crippen LogP contribution in [0.25, 0.3) is 0 Å². The van der Waals surface area contributed by atoms with E-state index in [9.17, 15) is 18.4 Å². The molecule has 0 aliphatic carbocycles. The van der Waals surface area contributed by atoms with Crippen molar-refractivity contribution in [1.29, 1.82) is 0 Å². The molecule has 6 rings (SSSR count). The average Bonchev–Trinajstić information content (AvgIpc) is 3.36. The van der Waals surface area contributed by atoms with Gasteiger partial charge in [0.05, 0.1) is 26.1 Å². The molecule has 3 aliphatic rings. The SMILES string of the molecule is O=C(C[N+]12CCC(CC1)[C@@H](CC(=O)OC(c1cccc(F)c1)c1cccc(F)c1)C2)Nc1ccon1.[Cl-]. The summed E-state index contributed by atoms with van der Waals surface area (Å²) in [4.78, 5) is 25.8. The summed E-state index contributed by atoms with van der Waals surface area (Å²) in [6.45, 7) is 2.78. The summed E-state index contributed by atoms with van der Waals surface area (Å²) in [7, 11) is 0. The van der Waals surface area contributed by atoms with E-state index in [0.717, 1.165) is 25.9 Å². The molecule has 0 radical (unpaired) electrons. The van der Waals surface area contributed by atoms with Gasteiger partial charge in [-0.25, -0.2) is 8.78 Å². The lowest BCUT2D eigenvalue weighted by Gasteiger charge is -2.52. The summed E-state index contributed by atoms with van der Waals surface area (Å²) in [5.41, 5.74) is 0.881. The number of nitrogens with zero attached hydrogens (tertiary/aromatic N) is 2. The highest BCUT2D eigenvalue weighted by atomic mass is 35.5. The van der Waals surface area contributed by atoms with Gasteiger partial charge in [0.1, 0.15) is 17.9 Å². The van der Waals surface area contributed by atoms with Crippen molar-refractivity contribution >= 4 is 17.7 Å². The van der Waals surface area contributed by atoms with E-state index in [1.165, 1.54) is 42.7 Å². The van der Waals surface area contributed by atoms with Gasteiger partial charge in [-0.15, -0.1) is 0 Å². The first-order valence-corrected chi connectivity index (χ1v) is 12.1. The fourth-order valence-corrected chi connectivity index (χ4v) is 5.72. The Labute approximate surface area is 219 Å². The molecule has 7 nitrogen and oxygen atoms in total. The molecule has 3 saturated heterocycles. The first-order chi connectivity index (χ1) is 17.4. The van der Waals surface area contributed by atoms with E-state index in [-0.39, 0.29) is 30.7 Å². The van der Waals surface area contributed by atoms with Crippen LogP contribution < -0.4 is 17.7 Å². The molecule has 10 heteroatoms. The number of benzene rings is 2. The maximum Gasteiger partial charge on any atom is 0.307 e. The second kappa shape index (κ2) is 11.4. The van der Waals surface area contributed by atoms with Gasteiger partial charge in [-0.1, -0.05) is 29.4 Å². The van der Waals surface area contributed by atoms with E-state index in [1.807, 2.05) is 0 Å². The number of quaternary nitrogens is 1. The molecule has 4 heterocycles. The Kier molecular flexibility index (Phi) is 8.24. The molecular weight excluding hydrogens is 504 g/mol. The molecule has 0 spiro atoms. The smallest absolute Gasteiger partial charge is 0.307 e. The third-order valence-electron chi connectivity index (χ3n) is 7.40. The molecule has 0 unspecified atom stereocenters. The molecule has 1 atom stereocenters. The molecule has 3 aromatic rings. The summed E-state index contributed by atoms with van der Waals surface area (Å²) in [6.07, 6.45) is 2.55. The summed E-state index contributed by atoms with van der Waals surface area (Å²) in [5, 5.41) is 6.49. The molecule has 196 valence electrons. The fraction of sp³-hybridized carbons (Fsp3) is 0.370. The minimum absolute atomic E-state index is 0. The number of rotatable bonds is 8. The van der Waals surface area contributed by atoms with Crippen LogP contribution in [0.15, 0.2) is 65.4 Å². The Bertz CT molecular complexity index is 1190.